The summed E-state index contributed by atoms with van der Waals surface area (Å²) in [5.41, 5.74) is -3.44. The standard InChI is InChI=1S/C23H31NO8/c1-21(2,3)31-19(26)17-15(25)12-23(7,28)18(20(27)32-22(4,5)6)16(17)13-8-10-14(11-9-13)24(29)30/h8-11,16-18,28H,12H2,1-7H3/t16-,17+,18-,23-/m0/s1. The van der Waals surface area contributed by atoms with Crippen LogP contribution in [0.15, 0.2) is 24.3 Å². The van der Waals surface area contributed by atoms with E-state index in [1.54, 1.807) is 41.5 Å². The predicted molar refractivity (Wildman–Crippen MR) is 115 cm³/mol. The molecule has 32 heavy (non-hydrogen) atoms. The van der Waals surface area contributed by atoms with Gasteiger partial charge in [0.05, 0.1) is 16.4 Å². The molecule has 1 N–H and O–H groups in total. The van der Waals surface area contributed by atoms with Crippen molar-refractivity contribution in [3.05, 3.63) is 39.9 Å². The minimum atomic E-state index is -1.80. The molecule has 4 atom stereocenters. The summed E-state index contributed by atoms with van der Waals surface area (Å²) in [6.07, 6.45) is -0.440. The number of rotatable bonds is 4. The second-order valence-corrected chi connectivity index (χ2v) is 10.4. The van der Waals surface area contributed by atoms with Gasteiger partial charge in [-0.3, -0.25) is 24.5 Å². The molecule has 0 amide bonds. The summed E-state index contributed by atoms with van der Waals surface area (Å²) in [5, 5.41) is 22.2. The monoisotopic (exact) mass is 449 g/mol. The van der Waals surface area contributed by atoms with Gasteiger partial charge < -0.3 is 14.6 Å². The summed E-state index contributed by atoms with van der Waals surface area (Å²) >= 11 is 0. The molecule has 0 unspecified atom stereocenters. The van der Waals surface area contributed by atoms with E-state index in [1.807, 2.05) is 0 Å². The molecule has 1 aliphatic rings. The van der Waals surface area contributed by atoms with Crippen LogP contribution in [0.1, 0.15) is 66.4 Å². The molecule has 0 radical (unpaired) electrons. The molecule has 0 saturated heterocycles. The van der Waals surface area contributed by atoms with Crippen molar-refractivity contribution < 1.29 is 33.9 Å². The largest absolute Gasteiger partial charge is 0.460 e. The molecule has 9 nitrogen and oxygen atoms in total. The number of nitrogens with zero attached hydrogens (tertiary/aromatic N) is 1. The van der Waals surface area contributed by atoms with Gasteiger partial charge in [-0.1, -0.05) is 12.1 Å². The third-order valence-corrected chi connectivity index (χ3v) is 5.08. The summed E-state index contributed by atoms with van der Waals surface area (Å²) in [6.45, 7) is 11.3. The van der Waals surface area contributed by atoms with Crippen LogP contribution in [0.25, 0.3) is 0 Å². The van der Waals surface area contributed by atoms with Crippen LogP contribution in [0.4, 0.5) is 5.69 Å². The third-order valence-electron chi connectivity index (χ3n) is 5.08. The first-order valence-corrected chi connectivity index (χ1v) is 10.4. The highest BCUT2D eigenvalue weighted by Gasteiger charge is 2.57. The highest BCUT2D eigenvalue weighted by molar-refractivity contribution is 6.03. The fourth-order valence-corrected chi connectivity index (χ4v) is 3.96. The van der Waals surface area contributed by atoms with Crippen LogP contribution in [-0.4, -0.2) is 44.6 Å². The number of esters is 2. The Morgan fingerprint density at radius 3 is 1.94 bits per heavy atom. The second-order valence-electron chi connectivity index (χ2n) is 10.4. The molecule has 1 fully saturated rings. The molecule has 0 heterocycles. The Labute approximate surface area is 187 Å². The Bertz CT molecular complexity index is 905. The number of ketones is 1. The van der Waals surface area contributed by atoms with Crippen LogP contribution in [0.3, 0.4) is 0 Å². The van der Waals surface area contributed by atoms with Crippen molar-refractivity contribution in [2.24, 2.45) is 11.8 Å². The quantitative estimate of drug-likeness (QED) is 0.320. The lowest BCUT2D eigenvalue weighted by molar-refractivity contribution is -0.384. The minimum Gasteiger partial charge on any atom is -0.460 e. The maximum absolute atomic E-state index is 13.2. The molecule has 176 valence electrons. The van der Waals surface area contributed by atoms with E-state index in [-0.39, 0.29) is 5.69 Å². The fourth-order valence-electron chi connectivity index (χ4n) is 3.96. The highest BCUT2D eigenvalue weighted by Crippen LogP contribution is 2.47. The van der Waals surface area contributed by atoms with E-state index in [4.69, 9.17) is 9.47 Å². The van der Waals surface area contributed by atoms with Gasteiger partial charge in [-0.25, -0.2) is 0 Å². The van der Waals surface area contributed by atoms with Gasteiger partial charge >= 0.3 is 11.9 Å². The molecule has 1 aliphatic carbocycles. The molecule has 9 heteroatoms. The van der Waals surface area contributed by atoms with E-state index in [0.29, 0.717) is 5.56 Å². The third kappa shape index (κ3) is 5.91. The average molecular weight is 450 g/mol. The van der Waals surface area contributed by atoms with Gasteiger partial charge in [-0.15, -0.1) is 0 Å². The average Bonchev–Trinajstić information content (AvgIpc) is 2.56. The van der Waals surface area contributed by atoms with Gasteiger partial charge in [0.2, 0.25) is 0 Å². The maximum Gasteiger partial charge on any atom is 0.317 e. The lowest BCUT2D eigenvalue weighted by atomic mass is 9.61. The molecule has 1 aromatic rings. The molecular weight excluding hydrogens is 418 g/mol. The zero-order chi connectivity index (χ0) is 24.6. The topological polar surface area (TPSA) is 133 Å². The maximum atomic E-state index is 13.2. The van der Waals surface area contributed by atoms with E-state index >= 15 is 0 Å². The first kappa shape index (κ1) is 25.5. The molecule has 0 aromatic heterocycles. The van der Waals surface area contributed by atoms with E-state index in [0.717, 1.165) is 0 Å². The van der Waals surface area contributed by atoms with Crippen LogP contribution in [-0.2, 0) is 23.9 Å². The van der Waals surface area contributed by atoms with Gasteiger partial charge in [0, 0.05) is 24.5 Å². The number of Topliss-reactive ketones (excluding diaryl/α,β-unsaturated/α-hetero) is 1. The van der Waals surface area contributed by atoms with Crippen molar-refractivity contribution in [2.75, 3.05) is 0 Å². The normalized spacial score (nSPS) is 26.4. The zero-order valence-corrected chi connectivity index (χ0v) is 19.5. The van der Waals surface area contributed by atoms with Crippen LogP contribution >= 0.6 is 0 Å². The van der Waals surface area contributed by atoms with Crippen molar-refractivity contribution in [2.45, 2.75) is 77.6 Å². The molecular formula is C23H31NO8. The number of nitro groups is 1. The van der Waals surface area contributed by atoms with Crippen LogP contribution in [0.5, 0.6) is 0 Å². The number of ether oxygens (including phenoxy) is 2. The van der Waals surface area contributed by atoms with Crippen LogP contribution < -0.4 is 0 Å². The molecule has 1 saturated carbocycles. The Morgan fingerprint density at radius 1 is 1.03 bits per heavy atom. The number of non-ortho nitro benzene ring substituents is 1. The molecule has 0 bridgehead atoms. The van der Waals surface area contributed by atoms with Crippen LogP contribution in [0.2, 0.25) is 0 Å². The number of carbonyl (C=O) groups is 3. The van der Waals surface area contributed by atoms with E-state index in [2.05, 4.69) is 0 Å². The van der Waals surface area contributed by atoms with Gasteiger partial charge in [-0.2, -0.15) is 0 Å². The molecule has 2 rings (SSSR count). The zero-order valence-electron chi connectivity index (χ0n) is 19.5. The van der Waals surface area contributed by atoms with Crippen molar-refractivity contribution >= 4 is 23.4 Å². The smallest absolute Gasteiger partial charge is 0.317 e. The first-order chi connectivity index (χ1) is 14.4. The number of nitro benzene ring substituents is 1. The number of hydrogen-bond acceptors (Lipinski definition) is 8. The van der Waals surface area contributed by atoms with Crippen molar-refractivity contribution in [1.29, 1.82) is 0 Å². The Kier molecular flexibility index (Phi) is 6.85. The lowest BCUT2D eigenvalue weighted by Crippen LogP contribution is -2.56. The molecule has 0 aliphatic heterocycles. The Hall–Kier alpha value is -2.81. The second kappa shape index (κ2) is 8.61. The van der Waals surface area contributed by atoms with Crippen molar-refractivity contribution in [1.82, 2.24) is 0 Å². The number of benzene rings is 1. The Morgan fingerprint density at radius 2 is 1.50 bits per heavy atom. The van der Waals surface area contributed by atoms with E-state index < -0.39 is 63.6 Å². The molecule has 0 spiro atoms. The number of hydrogen-bond donors (Lipinski definition) is 1. The first-order valence-electron chi connectivity index (χ1n) is 10.4. The van der Waals surface area contributed by atoms with Crippen molar-refractivity contribution in [3.8, 4) is 0 Å². The highest BCUT2D eigenvalue weighted by atomic mass is 16.6. The summed E-state index contributed by atoms with van der Waals surface area (Å²) in [7, 11) is 0. The number of carbonyl (C=O) groups excluding carboxylic acids is 3. The summed E-state index contributed by atoms with van der Waals surface area (Å²) in [6, 6.07) is 5.21. The lowest BCUT2D eigenvalue weighted by Gasteiger charge is -2.44. The SMILES string of the molecule is CC(C)(C)OC(=O)[C@@H]1C(=O)C[C@](C)(O)[C@H](C(=O)OC(C)(C)C)[C@H]1c1ccc([N+](=O)[O-])cc1. The van der Waals surface area contributed by atoms with Gasteiger partial charge in [0.25, 0.3) is 5.69 Å². The predicted octanol–water partition coefficient (Wildman–Crippen LogP) is 3.32. The van der Waals surface area contributed by atoms with Crippen LogP contribution in [0, 0.1) is 22.0 Å². The fraction of sp³-hybridized carbons (Fsp3) is 0.609. The minimum absolute atomic E-state index is 0.190. The Balaban J connectivity index is 2.66. The van der Waals surface area contributed by atoms with Gasteiger partial charge in [0.15, 0.2) is 5.78 Å². The van der Waals surface area contributed by atoms with Gasteiger partial charge in [0.1, 0.15) is 17.1 Å². The van der Waals surface area contributed by atoms with Crippen molar-refractivity contribution in [3.63, 3.8) is 0 Å². The van der Waals surface area contributed by atoms with Gasteiger partial charge in [-0.05, 0) is 54.0 Å². The van der Waals surface area contributed by atoms with E-state index in [1.165, 1.54) is 31.2 Å². The summed E-state index contributed by atoms with van der Waals surface area (Å²) in [5.74, 6) is -5.96. The summed E-state index contributed by atoms with van der Waals surface area (Å²) < 4.78 is 11.0. The summed E-state index contributed by atoms with van der Waals surface area (Å²) in [4.78, 5) is 49.8. The number of aliphatic hydroxyl groups is 1. The van der Waals surface area contributed by atoms with E-state index in [9.17, 15) is 29.6 Å². The molecule has 1 aromatic carbocycles.